The van der Waals surface area contributed by atoms with E-state index in [1.807, 2.05) is 25.1 Å². The topological polar surface area (TPSA) is 28.2 Å². The van der Waals surface area contributed by atoms with Gasteiger partial charge in [0, 0.05) is 30.8 Å². The molecule has 0 aliphatic rings. The van der Waals surface area contributed by atoms with E-state index in [0.717, 1.165) is 23.4 Å². The first-order valence-corrected chi connectivity index (χ1v) is 5.49. The van der Waals surface area contributed by atoms with Gasteiger partial charge in [0.2, 0.25) is 0 Å². The van der Waals surface area contributed by atoms with Crippen LogP contribution in [-0.4, -0.2) is 32.2 Å². The second kappa shape index (κ2) is 5.53. The van der Waals surface area contributed by atoms with Gasteiger partial charge in [-0.2, -0.15) is 0 Å². The number of likely N-dealkylation sites (N-methyl/N-ethyl adjacent to an activating group) is 2. The molecule has 0 saturated carbocycles. The van der Waals surface area contributed by atoms with Crippen LogP contribution in [0.1, 0.15) is 0 Å². The number of rotatable bonds is 4. The van der Waals surface area contributed by atoms with Gasteiger partial charge in [0.25, 0.3) is 0 Å². The third kappa shape index (κ3) is 3.12. The molecular weight excluding hydrogens is 265 g/mol. The summed E-state index contributed by atoms with van der Waals surface area (Å²) in [7, 11) is 3.89. The molecule has 0 unspecified atom stereocenters. The first-order chi connectivity index (χ1) is 6.65. The van der Waals surface area contributed by atoms with Gasteiger partial charge >= 0.3 is 0 Å². The first kappa shape index (κ1) is 11.8. The molecule has 0 aliphatic heterocycles. The van der Waals surface area contributed by atoms with Gasteiger partial charge in [-0.25, -0.2) is 4.98 Å². The SMILES string of the molecule is CNCCN(C)c1ncc(Br)cc1Cl. The Labute approximate surface area is 97.6 Å². The van der Waals surface area contributed by atoms with E-state index in [1.54, 1.807) is 6.20 Å². The van der Waals surface area contributed by atoms with E-state index in [9.17, 15) is 0 Å². The summed E-state index contributed by atoms with van der Waals surface area (Å²) in [5.41, 5.74) is 0. The largest absolute Gasteiger partial charge is 0.357 e. The lowest BCUT2D eigenvalue weighted by molar-refractivity contribution is 0.761. The van der Waals surface area contributed by atoms with Gasteiger partial charge in [0.15, 0.2) is 0 Å². The number of hydrogen-bond acceptors (Lipinski definition) is 3. The van der Waals surface area contributed by atoms with E-state index < -0.39 is 0 Å². The summed E-state index contributed by atoms with van der Waals surface area (Å²) in [5, 5.41) is 3.74. The van der Waals surface area contributed by atoms with Crippen LogP contribution in [0.15, 0.2) is 16.7 Å². The molecule has 0 aromatic carbocycles. The number of nitrogens with one attached hydrogen (secondary N) is 1. The zero-order valence-electron chi connectivity index (χ0n) is 8.22. The Bertz CT molecular complexity index is 306. The fourth-order valence-electron chi connectivity index (χ4n) is 1.07. The van der Waals surface area contributed by atoms with Crippen LogP contribution >= 0.6 is 27.5 Å². The minimum atomic E-state index is 0.665. The predicted octanol–water partition coefficient (Wildman–Crippen LogP) is 2.15. The Kier molecular flexibility index (Phi) is 4.65. The van der Waals surface area contributed by atoms with Gasteiger partial charge in [0.1, 0.15) is 5.82 Å². The normalized spacial score (nSPS) is 10.3. The maximum atomic E-state index is 6.05. The minimum Gasteiger partial charge on any atom is -0.357 e. The molecule has 1 N–H and O–H groups in total. The average molecular weight is 279 g/mol. The second-order valence-corrected chi connectivity index (χ2v) is 4.31. The second-order valence-electron chi connectivity index (χ2n) is 2.98. The lowest BCUT2D eigenvalue weighted by Gasteiger charge is -2.18. The number of pyridine rings is 1. The summed E-state index contributed by atoms with van der Waals surface area (Å²) in [6, 6.07) is 1.85. The number of aromatic nitrogens is 1. The van der Waals surface area contributed by atoms with Crippen molar-refractivity contribution in [1.29, 1.82) is 0 Å². The van der Waals surface area contributed by atoms with Crippen molar-refractivity contribution < 1.29 is 0 Å². The van der Waals surface area contributed by atoms with Crippen molar-refractivity contribution in [2.75, 3.05) is 32.1 Å². The van der Waals surface area contributed by atoms with E-state index in [1.165, 1.54) is 0 Å². The predicted molar refractivity (Wildman–Crippen MR) is 64.1 cm³/mol. The van der Waals surface area contributed by atoms with E-state index in [-0.39, 0.29) is 0 Å². The molecule has 0 bridgehead atoms. The van der Waals surface area contributed by atoms with E-state index in [0.29, 0.717) is 5.02 Å². The van der Waals surface area contributed by atoms with Crippen LogP contribution < -0.4 is 10.2 Å². The van der Waals surface area contributed by atoms with Crippen molar-refractivity contribution in [2.24, 2.45) is 0 Å². The van der Waals surface area contributed by atoms with Crippen molar-refractivity contribution in [3.8, 4) is 0 Å². The summed E-state index contributed by atoms with van der Waals surface area (Å²) >= 11 is 9.37. The summed E-state index contributed by atoms with van der Waals surface area (Å²) in [6.45, 7) is 1.79. The Morgan fingerprint density at radius 1 is 1.64 bits per heavy atom. The van der Waals surface area contributed by atoms with Crippen LogP contribution in [0.5, 0.6) is 0 Å². The fourth-order valence-corrected chi connectivity index (χ4v) is 1.85. The van der Waals surface area contributed by atoms with Gasteiger partial charge in [-0.05, 0) is 29.0 Å². The van der Waals surface area contributed by atoms with Crippen molar-refractivity contribution in [2.45, 2.75) is 0 Å². The molecule has 14 heavy (non-hydrogen) atoms. The van der Waals surface area contributed by atoms with Crippen molar-refractivity contribution in [1.82, 2.24) is 10.3 Å². The fraction of sp³-hybridized carbons (Fsp3) is 0.444. The molecule has 1 heterocycles. The highest BCUT2D eigenvalue weighted by atomic mass is 79.9. The Hall–Kier alpha value is -0.320. The van der Waals surface area contributed by atoms with Gasteiger partial charge in [-0.15, -0.1) is 0 Å². The quantitative estimate of drug-likeness (QED) is 0.915. The third-order valence-corrected chi connectivity index (χ3v) is 2.56. The Morgan fingerprint density at radius 3 is 2.93 bits per heavy atom. The number of hydrogen-bond donors (Lipinski definition) is 1. The highest BCUT2D eigenvalue weighted by molar-refractivity contribution is 9.10. The average Bonchev–Trinajstić information content (AvgIpc) is 2.14. The molecule has 0 radical (unpaired) electrons. The molecule has 0 atom stereocenters. The van der Waals surface area contributed by atoms with Crippen LogP contribution in [-0.2, 0) is 0 Å². The first-order valence-electron chi connectivity index (χ1n) is 4.32. The van der Waals surface area contributed by atoms with Crippen LogP contribution in [0, 0.1) is 0 Å². The summed E-state index contributed by atoms with van der Waals surface area (Å²) in [4.78, 5) is 6.27. The van der Waals surface area contributed by atoms with Crippen LogP contribution in [0.3, 0.4) is 0 Å². The van der Waals surface area contributed by atoms with Crippen molar-refractivity contribution in [3.05, 3.63) is 21.8 Å². The highest BCUT2D eigenvalue weighted by Crippen LogP contribution is 2.24. The Morgan fingerprint density at radius 2 is 2.36 bits per heavy atom. The highest BCUT2D eigenvalue weighted by Gasteiger charge is 2.07. The van der Waals surface area contributed by atoms with Gasteiger partial charge in [-0.3, -0.25) is 0 Å². The van der Waals surface area contributed by atoms with Crippen LogP contribution in [0.25, 0.3) is 0 Å². The van der Waals surface area contributed by atoms with E-state index in [2.05, 4.69) is 26.2 Å². The maximum Gasteiger partial charge on any atom is 0.147 e. The smallest absolute Gasteiger partial charge is 0.147 e. The molecule has 3 nitrogen and oxygen atoms in total. The summed E-state index contributed by atoms with van der Waals surface area (Å²) in [6.07, 6.45) is 1.75. The number of anilines is 1. The zero-order chi connectivity index (χ0) is 10.6. The van der Waals surface area contributed by atoms with Crippen molar-refractivity contribution >= 4 is 33.3 Å². The molecule has 5 heteroatoms. The van der Waals surface area contributed by atoms with E-state index in [4.69, 9.17) is 11.6 Å². The molecular formula is C9H13BrClN3. The summed E-state index contributed by atoms with van der Waals surface area (Å²) < 4.78 is 0.897. The molecule has 1 aromatic rings. The molecule has 1 rings (SSSR count). The molecule has 0 spiro atoms. The minimum absolute atomic E-state index is 0.665. The van der Waals surface area contributed by atoms with Crippen LogP contribution in [0.4, 0.5) is 5.82 Å². The number of nitrogens with zero attached hydrogens (tertiary/aromatic N) is 2. The summed E-state index contributed by atoms with van der Waals surface area (Å²) in [5.74, 6) is 0.810. The maximum absolute atomic E-state index is 6.05. The number of halogens is 2. The van der Waals surface area contributed by atoms with Gasteiger partial charge < -0.3 is 10.2 Å². The molecule has 0 fully saturated rings. The molecule has 0 saturated heterocycles. The zero-order valence-corrected chi connectivity index (χ0v) is 10.6. The standard InChI is InChI=1S/C9H13BrClN3/c1-12-3-4-14(2)9-8(11)5-7(10)6-13-9/h5-6,12H,3-4H2,1-2H3. The molecule has 0 amide bonds. The Balaban J connectivity index is 2.74. The van der Waals surface area contributed by atoms with Gasteiger partial charge in [-0.1, -0.05) is 11.6 Å². The molecule has 78 valence electrons. The lowest BCUT2D eigenvalue weighted by Crippen LogP contribution is -2.27. The molecule has 0 aliphatic carbocycles. The van der Waals surface area contributed by atoms with Crippen molar-refractivity contribution in [3.63, 3.8) is 0 Å². The monoisotopic (exact) mass is 277 g/mol. The van der Waals surface area contributed by atoms with E-state index >= 15 is 0 Å². The van der Waals surface area contributed by atoms with Crippen LogP contribution in [0.2, 0.25) is 5.02 Å². The lowest BCUT2D eigenvalue weighted by atomic mass is 10.4. The van der Waals surface area contributed by atoms with Gasteiger partial charge in [0.05, 0.1) is 5.02 Å². The molecule has 1 aromatic heterocycles. The third-order valence-electron chi connectivity index (χ3n) is 1.85.